The molecule has 2 saturated heterocycles. The van der Waals surface area contributed by atoms with Crippen LogP contribution in [-0.2, 0) is 4.79 Å². The van der Waals surface area contributed by atoms with E-state index in [4.69, 9.17) is 11.6 Å². The summed E-state index contributed by atoms with van der Waals surface area (Å²) in [6, 6.07) is 19.6. The van der Waals surface area contributed by atoms with Gasteiger partial charge in [-0.2, -0.15) is 0 Å². The normalized spacial score (nSPS) is 16.1. The molecule has 0 atom stereocenters. The minimum Gasteiger partial charge on any atom is -0.366 e. The van der Waals surface area contributed by atoms with Crippen LogP contribution in [0.4, 0.5) is 22.7 Å². The average Bonchev–Trinajstić information content (AvgIpc) is 3.00. The predicted octanol–water partition coefficient (Wildman–Crippen LogP) is 6.10. The molecule has 2 fully saturated rings. The van der Waals surface area contributed by atoms with Crippen molar-refractivity contribution in [3.8, 4) is 0 Å². The highest BCUT2D eigenvalue weighted by atomic mass is 35.5. The minimum absolute atomic E-state index is 0.0489. The molecule has 5 rings (SSSR count). The Morgan fingerprint density at radius 2 is 1.57 bits per heavy atom. The third-order valence-electron chi connectivity index (χ3n) is 7.92. The van der Waals surface area contributed by atoms with Crippen molar-refractivity contribution >= 4 is 52.2 Å². The summed E-state index contributed by atoms with van der Waals surface area (Å²) < 4.78 is 0. The van der Waals surface area contributed by atoms with Crippen LogP contribution in [0.3, 0.4) is 0 Å². The number of hydrogen-bond donors (Lipinski definition) is 1. The predicted molar refractivity (Wildman–Crippen MR) is 167 cm³/mol. The number of carbonyl (C=O) groups is 2. The smallest absolute Gasteiger partial charge is 0.293 e. The van der Waals surface area contributed by atoms with Crippen molar-refractivity contribution in [1.82, 2.24) is 4.90 Å². The molecule has 3 aromatic rings. The van der Waals surface area contributed by atoms with E-state index in [0.29, 0.717) is 48.5 Å². The lowest BCUT2D eigenvalue weighted by atomic mass is 9.98. The fourth-order valence-corrected chi connectivity index (χ4v) is 5.58. The maximum absolute atomic E-state index is 13.3. The van der Waals surface area contributed by atoms with Crippen molar-refractivity contribution in [2.45, 2.75) is 19.8 Å². The summed E-state index contributed by atoms with van der Waals surface area (Å²) in [6.07, 6.45) is 5.36. The largest absolute Gasteiger partial charge is 0.366 e. The number of nitrogens with zero attached hydrogens (tertiary/aromatic N) is 4. The number of carbonyl (C=O) groups excluding carboxylic acids is 2. The Kier molecular flexibility index (Phi) is 9.07. The van der Waals surface area contributed by atoms with E-state index in [9.17, 15) is 19.7 Å². The van der Waals surface area contributed by atoms with Gasteiger partial charge in [-0.3, -0.25) is 19.7 Å². The van der Waals surface area contributed by atoms with Crippen LogP contribution in [0.1, 0.15) is 35.7 Å². The Morgan fingerprint density at radius 3 is 2.26 bits per heavy atom. The van der Waals surface area contributed by atoms with Gasteiger partial charge in [0.05, 0.1) is 16.3 Å². The summed E-state index contributed by atoms with van der Waals surface area (Å²) in [5.74, 6) is 0.0877. The number of halogens is 1. The van der Waals surface area contributed by atoms with Gasteiger partial charge >= 0.3 is 0 Å². The number of benzene rings is 3. The number of nitro groups is 1. The van der Waals surface area contributed by atoms with Crippen LogP contribution in [-0.4, -0.2) is 60.9 Å². The Labute approximate surface area is 250 Å². The van der Waals surface area contributed by atoms with Gasteiger partial charge in [0.1, 0.15) is 5.69 Å². The maximum atomic E-state index is 13.3. The summed E-state index contributed by atoms with van der Waals surface area (Å²) in [5, 5.41) is 15.3. The van der Waals surface area contributed by atoms with Gasteiger partial charge in [-0.1, -0.05) is 48.9 Å². The second-order valence-corrected chi connectivity index (χ2v) is 11.2. The number of piperazine rings is 1. The second-order valence-electron chi connectivity index (χ2n) is 10.8. The Hall–Kier alpha value is -4.37. The number of nitrogens with one attached hydrogen (secondary N) is 1. The molecule has 0 unspecified atom stereocenters. The number of anilines is 3. The average molecular weight is 588 g/mol. The van der Waals surface area contributed by atoms with Crippen molar-refractivity contribution in [2.75, 3.05) is 54.4 Å². The van der Waals surface area contributed by atoms with Gasteiger partial charge in [-0.15, -0.1) is 0 Å². The highest BCUT2D eigenvalue weighted by Crippen LogP contribution is 2.34. The zero-order valence-electron chi connectivity index (χ0n) is 23.5. The van der Waals surface area contributed by atoms with Gasteiger partial charge in [0.15, 0.2) is 0 Å². The van der Waals surface area contributed by atoms with Crippen LogP contribution in [0.15, 0.2) is 72.8 Å². The number of rotatable bonds is 7. The van der Waals surface area contributed by atoms with E-state index in [1.807, 2.05) is 47.4 Å². The third-order valence-corrected chi connectivity index (χ3v) is 8.15. The molecule has 10 heteroatoms. The first-order valence-corrected chi connectivity index (χ1v) is 14.6. The van der Waals surface area contributed by atoms with Crippen LogP contribution in [0, 0.1) is 16.0 Å². The summed E-state index contributed by atoms with van der Waals surface area (Å²) in [4.78, 5) is 43.5. The third kappa shape index (κ3) is 6.91. The molecule has 0 saturated carbocycles. The quantitative estimate of drug-likeness (QED) is 0.204. The minimum atomic E-state index is -0.458. The monoisotopic (exact) mass is 587 g/mol. The van der Waals surface area contributed by atoms with Crippen LogP contribution < -0.4 is 15.1 Å². The fourth-order valence-electron chi connectivity index (χ4n) is 5.41. The van der Waals surface area contributed by atoms with Gasteiger partial charge in [0.25, 0.3) is 11.6 Å². The van der Waals surface area contributed by atoms with Crippen molar-refractivity contribution in [3.63, 3.8) is 0 Å². The molecule has 218 valence electrons. The molecular formula is C32H34ClN5O4. The Morgan fingerprint density at radius 1 is 0.905 bits per heavy atom. The van der Waals surface area contributed by atoms with Crippen molar-refractivity contribution in [1.29, 1.82) is 0 Å². The molecule has 2 aliphatic rings. The number of amides is 2. The lowest BCUT2D eigenvalue weighted by Gasteiger charge is -2.36. The molecule has 42 heavy (non-hydrogen) atoms. The lowest BCUT2D eigenvalue weighted by molar-refractivity contribution is -0.384. The molecule has 0 aromatic heterocycles. The van der Waals surface area contributed by atoms with Crippen LogP contribution in [0.5, 0.6) is 0 Å². The van der Waals surface area contributed by atoms with Gasteiger partial charge in [0, 0.05) is 62.0 Å². The highest BCUT2D eigenvalue weighted by Gasteiger charge is 2.26. The van der Waals surface area contributed by atoms with E-state index in [1.54, 1.807) is 35.2 Å². The van der Waals surface area contributed by atoms with E-state index >= 15 is 0 Å². The van der Waals surface area contributed by atoms with Gasteiger partial charge < -0.3 is 20.0 Å². The molecule has 0 bridgehead atoms. The number of piperidine rings is 1. The summed E-state index contributed by atoms with van der Waals surface area (Å²) in [7, 11) is 0. The van der Waals surface area contributed by atoms with Crippen molar-refractivity contribution in [3.05, 3.63) is 99.1 Å². The molecule has 2 aliphatic heterocycles. The van der Waals surface area contributed by atoms with Crippen molar-refractivity contribution < 1.29 is 14.5 Å². The zero-order valence-corrected chi connectivity index (χ0v) is 24.3. The number of nitro benzene ring substituents is 1. The second kappa shape index (κ2) is 13.1. The van der Waals surface area contributed by atoms with Crippen molar-refractivity contribution in [2.24, 2.45) is 5.92 Å². The summed E-state index contributed by atoms with van der Waals surface area (Å²) in [5.41, 5.74) is 2.90. The fraction of sp³-hybridized carbons (Fsp3) is 0.312. The molecule has 0 aliphatic carbocycles. The van der Waals surface area contributed by atoms with Gasteiger partial charge in [0.2, 0.25) is 5.91 Å². The molecule has 2 heterocycles. The zero-order chi connectivity index (χ0) is 29.6. The Bertz CT molecular complexity index is 1480. The van der Waals surface area contributed by atoms with Crippen LogP contribution in [0.2, 0.25) is 5.02 Å². The van der Waals surface area contributed by atoms with E-state index in [2.05, 4.69) is 17.1 Å². The first kappa shape index (κ1) is 29.1. The van der Waals surface area contributed by atoms with E-state index in [0.717, 1.165) is 37.2 Å². The first-order chi connectivity index (χ1) is 20.3. The molecular weight excluding hydrogens is 554 g/mol. The molecule has 2 amide bonds. The Balaban J connectivity index is 1.27. The van der Waals surface area contributed by atoms with E-state index in [-0.39, 0.29) is 17.2 Å². The molecule has 9 nitrogen and oxygen atoms in total. The SMILES string of the molecule is CC1CCN(c2ccc(C(=O)Nc3cc(Cl)ccc3N3CCN(C(=O)/C=C/c4ccccc4)CC3)cc2[N+](=O)[O-])CC1. The van der Waals surface area contributed by atoms with Gasteiger partial charge in [-0.25, -0.2) is 0 Å². The first-order valence-electron chi connectivity index (χ1n) is 14.2. The summed E-state index contributed by atoms with van der Waals surface area (Å²) in [6.45, 7) is 5.89. The standard InChI is InChI=1S/C32H34ClN5O4/c1-23-13-15-35(16-14-23)29-10-8-25(21-30(29)38(41)42)32(40)34-27-22-26(33)9-11-28(27)36-17-19-37(20-18-36)31(39)12-7-24-5-3-2-4-6-24/h2-12,21-23H,13-20H2,1H3,(H,34,40)/b12-7+. The number of hydrogen-bond acceptors (Lipinski definition) is 6. The van der Waals surface area contributed by atoms with E-state index in [1.165, 1.54) is 6.07 Å². The van der Waals surface area contributed by atoms with Crippen LogP contribution >= 0.6 is 11.6 Å². The molecule has 0 spiro atoms. The topological polar surface area (TPSA) is 99.0 Å². The summed E-state index contributed by atoms with van der Waals surface area (Å²) >= 11 is 6.29. The lowest BCUT2D eigenvalue weighted by Crippen LogP contribution is -2.48. The molecule has 0 radical (unpaired) electrons. The molecule has 1 N–H and O–H groups in total. The van der Waals surface area contributed by atoms with Crippen LogP contribution in [0.25, 0.3) is 6.08 Å². The van der Waals surface area contributed by atoms with E-state index < -0.39 is 10.8 Å². The van der Waals surface area contributed by atoms with Gasteiger partial charge in [-0.05, 0) is 60.7 Å². The maximum Gasteiger partial charge on any atom is 0.293 e. The highest BCUT2D eigenvalue weighted by molar-refractivity contribution is 6.31. The molecule has 3 aromatic carbocycles.